The summed E-state index contributed by atoms with van der Waals surface area (Å²) in [5.41, 5.74) is -0.922. The Balaban J connectivity index is 2.15. The molecular formula is C12H7F4NO3S. The van der Waals surface area contributed by atoms with E-state index in [-0.39, 0.29) is 11.6 Å². The molecule has 0 bridgehead atoms. The van der Waals surface area contributed by atoms with E-state index < -0.39 is 26.9 Å². The average molecular weight is 321 g/mol. The van der Waals surface area contributed by atoms with Crippen LogP contribution in [0.1, 0.15) is 5.56 Å². The van der Waals surface area contributed by atoms with Gasteiger partial charge in [-0.3, -0.25) is 0 Å². The van der Waals surface area contributed by atoms with E-state index in [0.717, 1.165) is 36.4 Å². The van der Waals surface area contributed by atoms with E-state index >= 15 is 0 Å². The van der Waals surface area contributed by atoms with Crippen LogP contribution in [0.15, 0.2) is 47.5 Å². The molecule has 4 nitrogen and oxygen atoms in total. The van der Waals surface area contributed by atoms with Gasteiger partial charge in [-0.2, -0.15) is 21.6 Å². The first-order chi connectivity index (χ1) is 9.66. The van der Waals surface area contributed by atoms with Crippen molar-refractivity contribution in [2.24, 2.45) is 0 Å². The lowest BCUT2D eigenvalue weighted by Gasteiger charge is -2.08. The molecule has 0 N–H and O–H groups in total. The van der Waals surface area contributed by atoms with Crippen LogP contribution in [-0.2, 0) is 16.4 Å². The highest BCUT2D eigenvalue weighted by Gasteiger charge is 2.30. The highest BCUT2D eigenvalue weighted by atomic mass is 32.3. The summed E-state index contributed by atoms with van der Waals surface area (Å²) in [5, 5.41) is 0. The smallest absolute Gasteiger partial charge is 0.417 e. The zero-order valence-electron chi connectivity index (χ0n) is 10.1. The minimum absolute atomic E-state index is 0.106. The largest absolute Gasteiger partial charge is 0.439 e. The Morgan fingerprint density at radius 2 is 1.62 bits per heavy atom. The summed E-state index contributed by atoms with van der Waals surface area (Å²) < 4.78 is 76.0. The third kappa shape index (κ3) is 3.91. The van der Waals surface area contributed by atoms with Crippen LogP contribution in [-0.4, -0.2) is 13.4 Å². The second kappa shape index (κ2) is 5.32. The van der Waals surface area contributed by atoms with Crippen LogP contribution >= 0.6 is 0 Å². The van der Waals surface area contributed by atoms with Crippen molar-refractivity contribution in [3.8, 4) is 11.6 Å². The Morgan fingerprint density at radius 1 is 1.00 bits per heavy atom. The number of pyridine rings is 1. The number of benzene rings is 1. The number of rotatable bonds is 3. The topological polar surface area (TPSA) is 56.3 Å². The first kappa shape index (κ1) is 15.2. The van der Waals surface area contributed by atoms with Crippen molar-refractivity contribution in [2.45, 2.75) is 11.1 Å². The molecule has 0 atom stereocenters. The van der Waals surface area contributed by atoms with Gasteiger partial charge in [0.2, 0.25) is 5.88 Å². The highest BCUT2D eigenvalue weighted by molar-refractivity contribution is 7.86. The van der Waals surface area contributed by atoms with Gasteiger partial charge in [-0.1, -0.05) is 0 Å². The van der Waals surface area contributed by atoms with Crippen LogP contribution in [0.2, 0.25) is 0 Å². The lowest BCUT2D eigenvalue weighted by atomic mass is 10.3. The standard InChI is InChI=1S/C12H7F4NO3S/c13-12(14,15)8-1-6-11(17-7-8)20-9-2-4-10(5-3-9)21(16,18)19/h1-7H. The number of alkyl halides is 3. The first-order valence-electron chi connectivity index (χ1n) is 5.42. The summed E-state index contributed by atoms with van der Waals surface area (Å²) in [7, 11) is -4.81. The van der Waals surface area contributed by atoms with Crippen molar-refractivity contribution in [1.29, 1.82) is 0 Å². The Bertz CT molecular complexity index is 725. The van der Waals surface area contributed by atoms with Crippen molar-refractivity contribution in [2.75, 3.05) is 0 Å². The summed E-state index contributed by atoms with van der Waals surface area (Å²) in [6.45, 7) is 0. The van der Waals surface area contributed by atoms with Gasteiger partial charge in [0.25, 0.3) is 0 Å². The van der Waals surface area contributed by atoms with Crippen LogP contribution in [0.5, 0.6) is 11.6 Å². The number of nitrogens with zero attached hydrogens (tertiary/aromatic N) is 1. The van der Waals surface area contributed by atoms with Gasteiger partial charge in [-0.15, -0.1) is 3.89 Å². The van der Waals surface area contributed by atoms with E-state index in [4.69, 9.17) is 4.74 Å². The number of aromatic nitrogens is 1. The molecule has 0 fully saturated rings. The zero-order valence-corrected chi connectivity index (χ0v) is 11.0. The van der Waals surface area contributed by atoms with Crippen LogP contribution in [0, 0.1) is 0 Å². The molecule has 2 aromatic rings. The van der Waals surface area contributed by atoms with Crippen LogP contribution in [0.4, 0.5) is 17.1 Å². The second-order valence-electron chi connectivity index (χ2n) is 3.89. The van der Waals surface area contributed by atoms with E-state index in [0.29, 0.717) is 6.20 Å². The molecule has 1 heterocycles. The lowest BCUT2D eigenvalue weighted by molar-refractivity contribution is -0.137. The van der Waals surface area contributed by atoms with Crippen molar-refractivity contribution in [3.05, 3.63) is 48.2 Å². The second-order valence-corrected chi connectivity index (χ2v) is 5.24. The maximum absolute atomic E-state index is 12.6. The normalized spacial score (nSPS) is 12.2. The predicted molar refractivity (Wildman–Crippen MR) is 64.0 cm³/mol. The van der Waals surface area contributed by atoms with Crippen molar-refractivity contribution < 1.29 is 30.2 Å². The molecule has 9 heteroatoms. The Hall–Kier alpha value is -2.16. The van der Waals surface area contributed by atoms with Crippen LogP contribution < -0.4 is 4.74 Å². The number of hydrogen-bond donors (Lipinski definition) is 0. The fraction of sp³-hybridized carbons (Fsp3) is 0.0833. The van der Waals surface area contributed by atoms with Gasteiger partial charge in [0.05, 0.1) is 10.5 Å². The van der Waals surface area contributed by atoms with Gasteiger partial charge < -0.3 is 4.74 Å². The molecule has 0 aliphatic carbocycles. The molecule has 1 aromatic carbocycles. The molecule has 112 valence electrons. The molecule has 0 radical (unpaired) electrons. The monoisotopic (exact) mass is 321 g/mol. The van der Waals surface area contributed by atoms with E-state index in [1.807, 2.05) is 0 Å². The van der Waals surface area contributed by atoms with E-state index in [2.05, 4.69) is 4.98 Å². The van der Waals surface area contributed by atoms with Gasteiger partial charge in [0.1, 0.15) is 5.75 Å². The SMILES string of the molecule is O=S(=O)(F)c1ccc(Oc2ccc(C(F)(F)F)cn2)cc1. The van der Waals surface area contributed by atoms with Crippen molar-refractivity contribution in [1.82, 2.24) is 4.98 Å². The van der Waals surface area contributed by atoms with Gasteiger partial charge in [-0.25, -0.2) is 4.98 Å². The molecule has 0 aliphatic rings. The van der Waals surface area contributed by atoms with Crippen LogP contribution in [0.25, 0.3) is 0 Å². The fourth-order valence-electron chi connectivity index (χ4n) is 1.40. The zero-order chi connectivity index (χ0) is 15.7. The highest BCUT2D eigenvalue weighted by Crippen LogP contribution is 2.30. The number of halogens is 4. The van der Waals surface area contributed by atoms with E-state index in [9.17, 15) is 25.5 Å². The maximum atomic E-state index is 12.6. The molecule has 0 aliphatic heterocycles. The van der Waals surface area contributed by atoms with Crippen molar-refractivity contribution >= 4 is 10.2 Å². The molecular weight excluding hydrogens is 314 g/mol. The Kier molecular flexibility index (Phi) is 3.86. The molecule has 0 saturated heterocycles. The van der Waals surface area contributed by atoms with Gasteiger partial charge in [-0.05, 0) is 30.3 Å². The lowest BCUT2D eigenvalue weighted by Crippen LogP contribution is -2.05. The molecule has 21 heavy (non-hydrogen) atoms. The third-order valence-corrected chi connectivity index (χ3v) is 3.23. The Labute approximate surface area is 117 Å². The molecule has 2 rings (SSSR count). The molecule has 0 unspecified atom stereocenters. The summed E-state index contributed by atoms with van der Waals surface area (Å²) in [6.07, 6.45) is -3.89. The van der Waals surface area contributed by atoms with Gasteiger partial charge in [0, 0.05) is 12.3 Å². The Morgan fingerprint density at radius 3 is 2.05 bits per heavy atom. The van der Waals surface area contributed by atoms with Crippen LogP contribution in [0.3, 0.4) is 0 Å². The fourth-order valence-corrected chi connectivity index (χ4v) is 1.86. The minimum atomic E-state index is -4.81. The molecule has 0 spiro atoms. The number of ether oxygens (including phenoxy) is 1. The summed E-state index contributed by atoms with van der Waals surface area (Å²) in [4.78, 5) is 2.93. The molecule has 1 aromatic heterocycles. The van der Waals surface area contributed by atoms with Gasteiger partial charge in [0.15, 0.2) is 0 Å². The summed E-state index contributed by atoms with van der Waals surface area (Å²) >= 11 is 0. The quantitative estimate of drug-likeness (QED) is 0.641. The molecule has 0 saturated carbocycles. The first-order valence-corrected chi connectivity index (χ1v) is 6.80. The van der Waals surface area contributed by atoms with Gasteiger partial charge >= 0.3 is 16.4 Å². The minimum Gasteiger partial charge on any atom is -0.439 e. The van der Waals surface area contributed by atoms with E-state index in [1.54, 1.807) is 0 Å². The predicted octanol–water partition coefficient (Wildman–Crippen LogP) is 3.55. The van der Waals surface area contributed by atoms with E-state index in [1.165, 1.54) is 0 Å². The molecule has 0 amide bonds. The maximum Gasteiger partial charge on any atom is 0.417 e. The van der Waals surface area contributed by atoms with Crippen molar-refractivity contribution in [3.63, 3.8) is 0 Å². The number of hydrogen-bond acceptors (Lipinski definition) is 4. The summed E-state index contributed by atoms with van der Waals surface area (Å²) in [6, 6.07) is 6.06. The average Bonchev–Trinajstić information content (AvgIpc) is 2.38. The third-order valence-electron chi connectivity index (χ3n) is 2.39. The summed E-state index contributed by atoms with van der Waals surface area (Å²) in [5.74, 6) is -0.00601.